The van der Waals surface area contributed by atoms with E-state index in [1.165, 1.54) is 12.1 Å². The number of hydrogen-bond acceptors (Lipinski definition) is 6. The summed E-state index contributed by atoms with van der Waals surface area (Å²) in [6.45, 7) is 2.24. The Labute approximate surface area is 189 Å². The molecule has 3 aromatic rings. The molecule has 0 saturated heterocycles. The van der Waals surface area contributed by atoms with Gasteiger partial charge in [0.1, 0.15) is 0 Å². The Hall–Kier alpha value is -2.62. The largest absolute Gasteiger partial charge is 0.355 e. The molecule has 0 aliphatic carbocycles. The third-order valence-corrected chi connectivity index (χ3v) is 7.44. The van der Waals surface area contributed by atoms with Crippen molar-refractivity contribution in [3.05, 3.63) is 81.2 Å². The molecule has 0 aliphatic heterocycles. The number of benzene rings is 2. The predicted octanol–water partition coefficient (Wildman–Crippen LogP) is 3.02. The molecule has 0 unspecified atom stereocenters. The van der Waals surface area contributed by atoms with E-state index in [-0.39, 0.29) is 26.7 Å². The van der Waals surface area contributed by atoms with Crippen molar-refractivity contribution in [2.24, 2.45) is 0 Å². The highest BCUT2D eigenvalue weighted by Gasteiger charge is 2.23. The average molecular weight is 478 g/mol. The second-order valence-electron chi connectivity index (χ2n) is 6.67. The summed E-state index contributed by atoms with van der Waals surface area (Å²) in [6.07, 6.45) is 1.71. The molecule has 0 atom stereocenters. The molecule has 7 nitrogen and oxygen atoms in total. The molecule has 1 aromatic heterocycles. The summed E-state index contributed by atoms with van der Waals surface area (Å²) >= 11 is 7.02. The van der Waals surface area contributed by atoms with Crippen LogP contribution in [0.4, 0.5) is 0 Å². The zero-order chi connectivity index (χ0) is 22.4. The summed E-state index contributed by atoms with van der Waals surface area (Å²) in [5.41, 5.74) is 1.04. The lowest BCUT2D eigenvalue weighted by atomic mass is 10.1. The zero-order valence-corrected chi connectivity index (χ0v) is 19.0. The summed E-state index contributed by atoms with van der Waals surface area (Å²) in [7, 11) is -4.07. The van der Waals surface area contributed by atoms with Crippen LogP contribution in [-0.2, 0) is 21.1 Å². The van der Waals surface area contributed by atoms with Gasteiger partial charge in [0.15, 0.2) is 10.1 Å². The van der Waals surface area contributed by atoms with Crippen LogP contribution in [0.1, 0.15) is 11.1 Å². The molecular weight excluding hydrogens is 458 g/mol. The van der Waals surface area contributed by atoms with E-state index in [9.17, 15) is 18.0 Å². The number of aromatic amines is 1. The molecule has 162 valence electrons. The van der Waals surface area contributed by atoms with Crippen LogP contribution in [-0.4, -0.2) is 36.6 Å². The van der Waals surface area contributed by atoms with Gasteiger partial charge in [0.25, 0.3) is 5.56 Å². The van der Waals surface area contributed by atoms with Crippen LogP contribution in [0.3, 0.4) is 0 Å². The van der Waals surface area contributed by atoms with E-state index in [2.05, 4.69) is 15.3 Å². The smallest absolute Gasteiger partial charge is 0.270 e. The Morgan fingerprint density at radius 3 is 2.61 bits per heavy atom. The quantitative estimate of drug-likeness (QED) is 0.381. The topological polar surface area (TPSA) is 109 Å². The van der Waals surface area contributed by atoms with Crippen molar-refractivity contribution in [1.82, 2.24) is 15.3 Å². The molecule has 0 fully saturated rings. The van der Waals surface area contributed by atoms with E-state index in [1.54, 1.807) is 13.0 Å². The van der Waals surface area contributed by atoms with Gasteiger partial charge < -0.3 is 10.3 Å². The molecular formula is C21H20ClN3O4S2. The van der Waals surface area contributed by atoms with E-state index >= 15 is 0 Å². The molecule has 2 N–H and O–H groups in total. The molecule has 1 amide bonds. The maximum absolute atomic E-state index is 12.7. The van der Waals surface area contributed by atoms with Crippen LogP contribution < -0.4 is 10.9 Å². The van der Waals surface area contributed by atoms with Gasteiger partial charge in [0.05, 0.1) is 16.8 Å². The fraction of sp³-hybridized carbons (Fsp3) is 0.190. The molecule has 0 spiro atoms. The average Bonchev–Trinajstić information content (AvgIpc) is 2.74. The van der Waals surface area contributed by atoms with Crippen LogP contribution in [0.15, 0.2) is 74.5 Å². The SMILES string of the molecule is Cc1ccc(S(=O)(=O)c2cnc(SCC(=O)NCCc3ccccc3)[nH]c2=O)cc1Cl. The van der Waals surface area contributed by atoms with E-state index in [0.29, 0.717) is 13.0 Å². The Morgan fingerprint density at radius 2 is 1.94 bits per heavy atom. The number of amides is 1. The number of carbonyl (C=O) groups excluding carboxylic acids is 1. The minimum atomic E-state index is -4.07. The van der Waals surface area contributed by atoms with Crippen molar-refractivity contribution in [2.45, 2.75) is 28.3 Å². The van der Waals surface area contributed by atoms with Gasteiger partial charge in [-0.25, -0.2) is 13.4 Å². The summed E-state index contributed by atoms with van der Waals surface area (Å²) in [4.78, 5) is 30.2. The van der Waals surface area contributed by atoms with Gasteiger partial charge in [0, 0.05) is 11.6 Å². The maximum Gasteiger partial charge on any atom is 0.270 e. The Kier molecular flexibility index (Phi) is 7.53. The lowest BCUT2D eigenvalue weighted by Gasteiger charge is -2.07. The van der Waals surface area contributed by atoms with Crippen molar-refractivity contribution in [2.75, 3.05) is 12.3 Å². The van der Waals surface area contributed by atoms with E-state index in [1.807, 2.05) is 30.3 Å². The number of nitrogens with one attached hydrogen (secondary N) is 2. The minimum Gasteiger partial charge on any atom is -0.355 e. The summed E-state index contributed by atoms with van der Waals surface area (Å²) < 4.78 is 25.5. The number of carbonyl (C=O) groups is 1. The Bertz CT molecular complexity index is 1240. The highest BCUT2D eigenvalue weighted by molar-refractivity contribution is 7.99. The monoisotopic (exact) mass is 477 g/mol. The first-order valence-corrected chi connectivity index (χ1v) is 12.2. The fourth-order valence-electron chi connectivity index (χ4n) is 2.68. The first kappa shape index (κ1) is 23.1. The first-order chi connectivity index (χ1) is 14.8. The third kappa shape index (κ3) is 5.96. The zero-order valence-electron chi connectivity index (χ0n) is 16.6. The van der Waals surface area contributed by atoms with Crippen LogP contribution in [0.5, 0.6) is 0 Å². The molecule has 10 heteroatoms. The number of nitrogens with zero attached hydrogens (tertiary/aromatic N) is 1. The number of hydrogen-bond donors (Lipinski definition) is 2. The van der Waals surface area contributed by atoms with E-state index in [4.69, 9.17) is 11.6 Å². The van der Waals surface area contributed by atoms with E-state index in [0.717, 1.165) is 29.1 Å². The molecule has 0 bridgehead atoms. The van der Waals surface area contributed by atoms with Crippen molar-refractivity contribution in [3.8, 4) is 0 Å². The van der Waals surface area contributed by atoms with Crippen molar-refractivity contribution >= 4 is 39.1 Å². The van der Waals surface area contributed by atoms with Gasteiger partial charge in [0.2, 0.25) is 15.7 Å². The molecule has 0 aliphatic rings. The lowest BCUT2D eigenvalue weighted by molar-refractivity contribution is -0.118. The van der Waals surface area contributed by atoms with Gasteiger partial charge in [-0.2, -0.15) is 0 Å². The number of H-pyrrole nitrogens is 1. The molecule has 31 heavy (non-hydrogen) atoms. The lowest BCUT2D eigenvalue weighted by Crippen LogP contribution is -2.27. The maximum atomic E-state index is 12.7. The summed E-state index contributed by atoms with van der Waals surface area (Å²) in [6, 6.07) is 14.0. The minimum absolute atomic E-state index is 0.0391. The van der Waals surface area contributed by atoms with E-state index < -0.39 is 20.3 Å². The summed E-state index contributed by atoms with van der Waals surface area (Å²) in [5, 5.41) is 3.24. The van der Waals surface area contributed by atoms with Crippen LogP contribution in [0.2, 0.25) is 5.02 Å². The molecule has 1 heterocycles. The molecule has 0 radical (unpaired) electrons. The molecule has 2 aromatic carbocycles. The second kappa shape index (κ2) is 10.1. The fourth-order valence-corrected chi connectivity index (χ4v) is 4.84. The van der Waals surface area contributed by atoms with Crippen LogP contribution >= 0.6 is 23.4 Å². The van der Waals surface area contributed by atoms with Crippen LogP contribution in [0, 0.1) is 6.92 Å². The standard InChI is InChI=1S/C21H20ClN3O4S2/c1-14-7-8-16(11-17(14)22)31(28,29)18-12-24-21(25-20(18)27)30-13-19(26)23-10-9-15-5-3-2-4-6-15/h2-8,11-12H,9-10,13H2,1H3,(H,23,26)(H,24,25,27). The van der Waals surface area contributed by atoms with Crippen molar-refractivity contribution in [1.29, 1.82) is 0 Å². The Morgan fingerprint density at radius 1 is 1.19 bits per heavy atom. The molecule has 3 rings (SSSR count). The van der Waals surface area contributed by atoms with Gasteiger partial charge in [-0.1, -0.05) is 59.8 Å². The predicted molar refractivity (Wildman–Crippen MR) is 120 cm³/mol. The summed E-state index contributed by atoms with van der Waals surface area (Å²) in [5.74, 6) is -0.174. The normalized spacial score (nSPS) is 11.3. The first-order valence-electron chi connectivity index (χ1n) is 9.31. The van der Waals surface area contributed by atoms with Crippen molar-refractivity contribution in [3.63, 3.8) is 0 Å². The number of aromatic nitrogens is 2. The van der Waals surface area contributed by atoms with Gasteiger partial charge in [-0.05, 0) is 36.6 Å². The number of sulfone groups is 1. The Balaban J connectivity index is 1.60. The van der Waals surface area contributed by atoms with Gasteiger partial charge in [-0.15, -0.1) is 0 Å². The van der Waals surface area contributed by atoms with Gasteiger partial charge >= 0.3 is 0 Å². The molecule has 0 saturated carbocycles. The number of aryl methyl sites for hydroxylation is 1. The third-order valence-electron chi connectivity index (χ3n) is 4.41. The number of rotatable bonds is 8. The van der Waals surface area contributed by atoms with Gasteiger partial charge in [-0.3, -0.25) is 9.59 Å². The highest BCUT2D eigenvalue weighted by atomic mass is 35.5. The van der Waals surface area contributed by atoms with Crippen LogP contribution in [0.25, 0.3) is 0 Å². The number of thioether (sulfide) groups is 1. The number of halogens is 1. The highest BCUT2D eigenvalue weighted by Crippen LogP contribution is 2.24. The second-order valence-corrected chi connectivity index (χ2v) is 9.96. The van der Waals surface area contributed by atoms with Crippen molar-refractivity contribution < 1.29 is 13.2 Å².